The van der Waals surface area contributed by atoms with Gasteiger partial charge in [-0.25, -0.2) is 0 Å². The van der Waals surface area contributed by atoms with E-state index in [9.17, 15) is 5.11 Å². The zero-order valence-corrected chi connectivity index (χ0v) is 9.38. The van der Waals surface area contributed by atoms with Crippen LogP contribution in [0.1, 0.15) is 5.56 Å². The Balaban J connectivity index is 2.21. The summed E-state index contributed by atoms with van der Waals surface area (Å²) in [6.45, 7) is 0.429. The second-order valence-electron chi connectivity index (χ2n) is 4.28. The van der Waals surface area contributed by atoms with Crippen LogP contribution in [0.2, 0.25) is 0 Å². The summed E-state index contributed by atoms with van der Waals surface area (Å²) in [5, 5.41) is 12.8. The lowest BCUT2D eigenvalue weighted by atomic mass is 10.0. The standard InChI is InChI=1S/C14H9NO3/c16-12-3-1-2-9-8-4-5-13-11(7-17-18-13)10(8)6-15-14(9)12/h1-6,16H,7H2. The molecule has 4 heteroatoms. The molecule has 2 aromatic carbocycles. The van der Waals surface area contributed by atoms with Gasteiger partial charge in [0.1, 0.15) is 17.9 Å². The van der Waals surface area contributed by atoms with Crippen molar-refractivity contribution in [2.75, 3.05) is 0 Å². The molecule has 88 valence electrons. The third-order valence-corrected chi connectivity index (χ3v) is 3.29. The summed E-state index contributed by atoms with van der Waals surface area (Å²) in [7, 11) is 0. The molecule has 0 fully saturated rings. The highest BCUT2D eigenvalue weighted by Crippen LogP contribution is 2.36. The second-order valence-corrected chi connectivity index (χ2v) is 4.28. The molecule has 4 rings (SSSR count). The number of phenols is 1. The predicted molar refractivity (Wildman–Crippen MR) is 66.3 cm³/mol. The molecule has 0 unspecified atom stereocenters. The van der Waals surface area contributed by atoms with Crippen molar-refractivity contribution in [1.29, 1.82) is 0 Å². The van der Waals surface area contributed by atoms with Crippen molar-refractivity contribution >= 4 is 21.7 Å². The van der Waals surface area contributed by atoms with Crippen molar-refractivity contribution in [1.82, 2.24) is 4.98 Å². The number of aromatic hydroxyl groups is 1. The van der Waals surface area contributed by atoms with Gasteiger partial charge < -0.3 is 9.99 Å². The minimum absolute atomic E-state index is 0.197. The summed E-state index contributed by atoms with van der Waals surface area (Å²) in [5.41, 5.74) is 1.62. The van der Waals surface area contributed by atoms with Crippen molar-refractivity contribution in [3.8, 4) is 11.5 Å². The lowest BCUT2D eigenvalue weighted by Crippen LogP contribution is -1.86. The highest BCUT2D eigenvalue weighted by molar-refractivity contribution is 6.08. The van der Waals surface area contributed by atoms with Crippen LogP contribution in [-0.2, 0) is 11.5 Å². The van der Waals surface area contributed by atoms with E-state index in [0.29, 0.717) is 12.1 Å². The summed E-state index contributed by atoms with van der Waals surface area (Å²) in [6, 6.07) is 9.26. The fraction of sp³-hybridized carbons (Fsp3) is 0.0714. The second kappa shape index (κ2) is 3.34. The summed E-state index contributed by atoms with van der Waals surface area (Å²) < 4.78 is 0. The van der Waals surface area contributed by atoms with Crippen molar-refractivity contribution in [2.45, 2.75) is 6.61 Å². The van der Waals surface area contributed by atoms with Gasteiger partial charge in [-0.2, -0.15) is 4.89 Å². The van der Waals surface area contributed by atoms with E-state index < -0.39 is 0 Å². The number of para-hydroxylation sites is 1. The molecule has 0 amide bonds. The van der Waals surface area contributed by atoms with Crippen molar-refractivity contribution in [2.24, 2.45) is 0 Å². The Morgan fingerprint density at radius 2 is 2.00 bits per heavy atom. The first-order valence-corrected chi connectivity index (χ1v) is 5.66. The Morgan fingerprint density at radius 1 is 1.06 bits per heavy atom. The van der Waals surface area contributed by atoms with E-state index in [0.717, 1.165) is 27.5 Å². The Bertz CT molecular complexity index is 783. The molecule has 0 radical (unpaired) electrons. The fourth-order valence-corrected chi connectivity index (χ4v) is 2.42. The van der Waals surface area contributed by atoms with Gasteiger partial charge >= 0.3 is 0 Å². The molecule has 18 heavy (non-hydrogen) atoms. The maximum absolute atomic E-state index is 9.81. The fourth-order valence-electron chi connectivity index (χ4n) is 2.42. The zero-order valence-electron chi connectivity index (χ0n) is 9.38. The Hall–Kier alpha value is -2.33. The smallest absolute Gasteiger partial charge is 0.171 e. The third-order valence-electron chi connectivity index (χ3n) is 3.29. The number of rotatable bonds is 0. The van der Waals surface area contributed by atoms with Crippen LogP contribution in [0.3, 0.4) is 0 Å². The van der Waals surface area contributed by atoms with E-state index in [2.05, 4.69) is 4.98 Å². The van der Waals surface area contributed by atoms with Crippen molar-refractivity contribution in [3.05, 3.63) is 42.1 Å². The van der Waals surface area contributed by atoms with Gasteiger partial charge in [0, 0.05) is 22.5 Å². The average molecular weight is 239 g/mol. The van der Waals surface area contributed by atoms with Gasteiger partial charge in [-0.1, -0.05) is 12.1 Å². The maximum Gasteiger partial charge on any atom is 0.171 e. The number of hydrogen-bond donors (Lipinski definition) is 1. The molecule has 4 nitrogen and oxygen atoms in total. The molecule has 1 aliphatic heterocycles. The topological polar surface area (TPSA) is 51.6 Å². The first-order chi connectivity index (χ1) is 8.84. The molecular formula is C14H9NO3. The quantitative estimate of drug-likeness (QED) is 0.484. The van der Waals surface area contributed by atoms with Crippen molar-refractivity contribution < 1.29 is 14.9 Å². The van der Waals surface area contributed by atoms with Gasteiger partial charge in [-0.3, -0.25) is 4.98 Å². The molecule has 1 aromatic heterocycles. The van der Waals surface area contributed by atoms with Gasteiger partial charge in [-0.15, -0.1) is 0 Å². The highest BCUT2D eigenvalue weighted by atomic mass is 17.2. The van der Waals surface area contributed by atoms with Crippen LogP contribution >= 0.6 is 0 Å². The van der Waals surface area contributed by atoms with Crippen LogP contribution in [0.15, 0.2) is 36.5 Å². The summed E-state index contributed by atoms with van der Waals surface area (Å²) in [6.07, 6.45) is 1.76. The number of nitrogens with zero attached hydrogens (tertiary/aromatic N) is 1. The Morgan fingerprint density at radius 3 is 2.94 bits per heavy atom. The van der Waals surface area contributed by atoms with E-state index in [4.69, 9.17) is 9.78 Å². The minimum atomic E-state index is 0.197. The van der Waals surface area contributed by atoms with Gasteiger partial charge in [0.25, 0.3) is 0 Å². The summed E-state index contributed by atoms with van der Waals surface area (Å²) in [5.74, 6) is 0.936. The predicted octanol–water partition coefficient (Wildman–Crippen LogP) is 2.92. The van der Waals surface area contributed by atoms with Crippen LogP contribution < -0.4 is 4.89 Å². The lowest BCUT2D eigenvalue weighted by Gasteiger charge is -2.06. The molecule has 3 aromatic rings. The molecule has 0 atom stereocenters. The number of pyridine rings is 1. The normalized spacial score (nSPS) is 13.8. The molecule has 0 aliphatic carbocycles. The Labute approximate surface area is 102 Å². The first-order valence-electron chi connectivity index (χ1n) is 5.66. The Kier molecular flexibility index (Phi) is 1.79. The van der Waals surface area contributed by atoms with Crippen LogP contribution in [0.5, 0.6) is 11.5 Å². The molecule has 0 saturated heterocycles. The monoisotopic (exact) mass is 239 g/mol. The van der Waals surface area contributed by atoms with Crippen molar-refractivity contribution in [3.63, 3.8) is 0 Å². The molecular weight excluding hydrogens is 230 g/mol. The van der Waals surface area contributed by atoms with E-state index in [-0.39, 0.29) is 5.75 Å². The molecule has 0 saturated carbocycles. The van der Waals surface area contributed by atoms with Gasteiger partial charge in [0.2, 0.25) is 0 Å². The van der Waals surface area contributed by atoms with E-state index in [1.807, 2.05) is 24.3 Å². The largest absolute Gasteiger partial charge is 0.506 e. The van der Waals surface area contributed by atoms with Gasteiger partial charge in [0.15, 0.2) is 5.75 Å². The molecule has 0 bridgehead atoms. The maximum atomic E-state index is 9.81. The minimum Gasteiger partial charge on any atom is -0.506 e. The molecule has 1 aliphatic rings. The van der Waals surface area contributed by atoms with Crippen LogP contribution in [0, 0.1) is 0 Å². The molecule has 2 heterocycles. The molecule has 0 spiro atoms. The number of fused-ring (bicyclic) bond motifs is 5. The number of phenolic OH excluding ortho intramolecular Hbond substituents is 1. The summed E-state index contributed by atoms with van der Waals surface area (Å²) >= 11 is 0. The number of aromatic nitrogens is 1. The molecule has 1 N–H and O–H groups in total. The third kappa shape index (κ3) is 1.15. The van der Waals surface area contributed by atoms with E-state index in [1.54, 1.807) is 12.3 Å². The highest BCUT2D eigenvalue weighted by Gasteiger charge is 2.18. The number of benzene rings is 2. The SMILES string of the molecule is Oc1cccc2c1ncc1c3c(ccc12)OOC3. The summed E-state index contributed by atoms with van der Waals surface area (Å²) in [4.78, 5) is 14.4. The van der Waals surface area contributed by atoms with Gasteiger partial charge in [-0.05, 0) is 23.6 Å². The van der Waals surface area contributed by atoms with Crippen LogP contribution in [0.25, 0.3) is 21.7 Å². The zero-order chi connectivity index (χ0) is 12.1. The van der Waals surface area contributed by atoms with Crippen LogP contribution in [0.4, 0.5) is 0 Å². The first kappa shape index (κ1) is 9.67. The van der Waals surface area contributed by atoms with E-state index in [1.165, 1.54) is 0 Å². The number of hydrogen-bond acceptors (Lipinski definition) is 4. The average Bonchev–Trinajstić information content (AvgIpc) is 2.87. The van der Waals surface area contributed by atoms with Gasteiger partial charge in [0.05, 0.1) is 0 Å². The van der Waals surface area contributed by atoms with Crippen LogP contribution in [-0.4, -0.2) is 10.1 Å². The lowest BCUT2D eigenvalue weighted by molar-refractivity contribution is -0.194. The van der Waals surface area contributed by atoms with E-state index >= 15 is 0 Å².